The molecule has 1 atom stereocenters. The van der Waals surface area contributed by atoms with Crippen molar-refractivity contribution < 1.29 is 4.74 Å². The molecule has 12 heavy (non-hydrogen) atoms. The highest BCUT2D eigenvalue weighted by atomic mass is 79.9. The van der Waals surface area contributed by atoms with Crippen LogP contribution in [0, 0.1) is 5.41 Å². The number of ether oxygens (including phenoxy) is 1. The van der Waals surface area contributed by atoms with Crippen LogP contribution in [0.4, 0.5) is 0 Å². The molecule has 1 nitrogen and oxygen atoms in total. The molecule has 0 bridgehead atoms. The summed E-state index contributed by atoms with van der Waals surface area (Å²) in [5.41, 5.74) is 0.440. The summed E-state index contributed by atoms with van der Waals surface area (Å²) in [6.45, 7) is 2.14. The van der Waals surface area contributed by atoms with Crippen molar-refractivity contribution in [2.45, 2.75) is 32.3 Å². The van der Waals surface area contributed by atoms with Crippen LogP contribution >= 0.6 is 15.9 Å². The fourth-order valence-electron chi connectivity index (χ4n) is 1.77. The predicted molar refractivity (Wildman–Crippen MR) is 55.7 cm³/mol. The van der Waals surface area contributed by atoms with Crippen LogP contribution in [0.25, 0.3) is 0 Å². The van der Waals surface area contributed by atoms with Crippen molar-refractivity contribution in [2.75, 3.05) is 12.4 Å². The highest BCUT2D eigenvalue weighted by Gasteiger charge is 2.31. The molecule has 0 saturated carbocycles. The molecule has 0 aromatic heterocycles. The van der Waals surface area contributed by atoms with Gasteiger partial charge in [-0.3, -0.25) is 0 Å². The molecule has 1 rings (SSSR count). The summed E-state index contributed by atoms with van der Waals surface area (Å²) in [4.78, 5) is 0. The minimum absolute atomic E-state index is 0.377. The SMILES string of the molecule is COC(C)CC1(CBr)CC=CC1. The van der Waals surface area contributed by atoms with E-state index in [1.165, 1.54) is 12.8 Å². The average Bonchev–Trinajstić information content (AvgIpc) is 2.54. The first-order valence-corrected chi connectivity index (χ1v) is 5.58. The molecule has 0 aromatic carbocycles. The van der Waals surface area contributed by atoms with Gasteiger partial charge in [0.1, 0.15) is 0 Å². The van der Waals surface area contributed by atoms with Crippen molar-refractivity contribution in [3.05, 3.63) is 12.2 Å². The third kappa shape index (κ3) is 2.33. The van der Waals surface area contributed by atoms with E-state index in [4.69, 9.17) is 4.74 Å². The van der Waals surface area contributed by atoms with E-state index in [2.05, 4.69) is 35.0 Å². The largest absolute Gasteiger partial charge is 0.382 e. The molecule has 2 heteroatoms. The van der Waals surface area contributed by atoms with E-state index < -0.39 is 0 Å². The summed E-state index contributed by atoms with van der Waals surface area (Å²) in [6.07, 6.45) is 8.50. The van der Waals surface area contributed by atoms with Crippen LogP contribution in [0.15, 0.2) is 12.2 Å². The van der Waals surface area contributed by atoms with E-state index in [9.17, 15) is 0 Å². The zero-order chi connectivity index (χ0) is 9.03. The Kier molecular flexibility index (Phi) is 3.78. The van der Waals surface area contributed by atoms with Gasteiger partial charge in [0.2, 0.25) is 0 Å². The van der Waals surface area contributed by atoms with E-state index in [0.717, 1.165) is 11.8 Å². The molecule has 0 amide bonds. The molecule has 1 unspecified atom stereocenters. The van der Waals surface area contributed by atoms with Crippen LogP contribution in [-0.4, -0.2) is 18.5 Å². The molecule has 0 fully saturated rings. The predicted octanol–water partition coefficient (Wildman–Crippen LogP) is 3.14. The summed E-state index contributed by atoms with van der Waals surface area (Å²) >= 11 is 3.60. The van der Waals surface area contributed by atoms with Gasteiger partial charge in [0.15, 0.2) is 0 Å². The maximum Gasteiger partial charge on any atom is 0.0549 e. The van der Waals surface area contributed by atoms with Crippen molar-refractivity contribution in [2.24, 2.45) is 5.41 Å². The molecule has 0 spiro atoms. The fraction of sp³-hybridized carbons (Fsp3) is 0.800. The van der Waals surface area contributed by atoms with Gasteiger partial charge in [-0.2, -0.15) is 0 Å². The zero-order valence-electron chi connectivity index (χ0n) is 7.85. The maximum atomic E-state index is 5.29. The van der Waals surface area contributed by atoms with Crippen LogP contribution in [0.3, 0.4) is 0 Å². The van der Waals surface area contributed by atoms with Gasteiger partial charge in [-0.05, 0) is 31.6 Å². The van der Waals surface area contributed by atoms with E-state index in [1.54, 1.807) is 7.11 Å². The maximum absolute atomic E-state index is 5.29. The second-order valence-corrected chi connectivity index (χ2v) is 4.32. The first-order valence-electron chi connectivity index (χ1n) is 4.46. The number of methoxy groups -OCH3 is 1. The Morgan fingerprint density at radius 1 is 1.50 bits per heavy atom. The van der Waals surface area contributed by atoms with Crippen molar-refractivity contribution >= 4 is 15.9 Å². The fourth-order valence-corrected chi connectivity index (χ4v) is 2.46. The van der Waals surface area contributed by atoms with Crippen LogP contribution in [0.5, 0.6) is 0 Å². The Morgan fingerprint density at radius 2 is 2.08 bits per heavy atom. The van der Waals surface area contributed by atoms with Crippen molar-refractivity contribution in [1.82, 2.24) is 0 Å². The van der Waals surface area contributed by atoms with Gasteiger partial charge >= 0.3 is 0 Å². The monoisotopic (exact) mass is 232 g/mol. The number of rotatable bonds is 4. The second kappa shape index (κ2) is 4.43. The molecular formula is C10H17BrO. The number of hydrogen-bond donors (Lipinski definition) is 0. The van der Waals surface area contributed by atoms with Gasteiger partial charge < -0.3 is 4.74 Å². The van der Waals surface area contributed by atoms with Gasteiger partial charge in [0, 0.05) is 12.4 Å². The summed E-state index contributed by atoms with van der Waals surface area (Å²) in [5.74, 6) is 0. The van der Waals surface area contributed by atoms with Crippen molar-refractivity contribution in [1.29, 1.82) is 0 Å². The summed E-state index contributed by atoms with van der Waals surface area (Å²) in [6, 6.07) is 0. The minimum Gasteiger partial charge on any atom is -0.382 e. The average molecular weight is 233 g/mol. The number of hydrogen-bond acceptors (Lipinski definition) is 1. The Morgan fingerprint density at radius 3 is 2.50 bits per heavy atom. The molecule has 0 radical (unpaired) electrons. The second-order valence-electron chi connectivity index (χ2n) is 3.76. The Bertz CT molecular complexity index is 157. The molecule has 0 aromatic rings. The lowest BCUT2D eigenvalue weighted by Gasteiger charge is -2.29. The third-order valence-electron chi connectivity index (χ3n) is 2.67. The first kappa shape index (κ1) is 10.3. The molecule has 1 aliphatic carbocycles. The molecule has 1 aliphatic rings. The van der Waals surface area contributed by atoms with Crippen molar-refractivity contribution in [3.63, 3.8) is 0 Å². The van der Waals surface area contributed by atoms with E-state index >= 15 is 0 Å². The molecule has 0 aliphatic heterocycles. The lowest BCUT2D eigenvalue weighted by Crippen LogP contribution is -2.25. The van der Waals surface area contributed by atoms with E-state index in [0.29, 0.717) is 11.5 Å². The minimum atomic E-state index is 0.377. The smallest absolute Gasteiger partial charge is 0.0549 e. The molecular weight excluding hydrogens is 216 g/mol. The highest BCUT2D eigenvalue weighted by Crippen LogP contribution is 2.39. The Hall–Kier alpha value is 0.180. The van der Waals surface area contributed by atoms with E-state index in [1.807, 2.05) is 0 Å². The van der Waals surface area contributed by atoms with Crippen LogP contribution < -0.4 is 0 Å². The standard InChI is InChI=1S/C10H17BrO/c1-9(12-2)7-10(8-11)5-3-4-6-10/h3-4,9H,5-8H2,1-2H3. The molecule has 70 valence electrons. The third-order valence-corrected chi connectivity index (χ3v) is 3.86. The lowest BCUT2D eigenvalue weighted by atomic mass is 9.82. The van der Waals surface area contributed by atoms with Gasteiger partial charge in [-0.15, -0.1) is 0 Å². The molecule has 0 N–H and O–H groups in total. The number of alkyl halides is 1. The van der Waals surface area contributed by atoms with E-state index in [-0.39, 0.29) is 0 Å². The molecule has 0 heterocycles. The quantitative estimate of drug-likeness (QED) is 0.535. The lowest BCUT2D eigenvalue weighted by molar-refractivity contribution is 0.0755. The van der Waals surface area contributed by atoms with Gasteiger partial charge in [-0.1, -0.05) is 28.1 Å². The summed E-state index contributed by atoms with van der Waals surface area (Å²) in [5, 5.41) is 1.08. The van der Waals surface area contributed by atoms with Crippen molar-refractivity contribution in [3.8, 4) is 0 Å². The van der Waals surface area contributed by atoms with Gasteiger partial charge in [-0.25, -0.2) is 0 Å². The van der Waals surface area contributed by atoms with Crippen LogP contribution in [0.1, 0.15) is 26.2 Å². The topological polar surface area (TPSA) is 9.23 Å². The summed E-state index contributed by atoms with van der Waals surface area (Å²) < 4.78 is 5.29. The van der Waals surface area contributed by atoms with Crippen LogP contribution in [0.2, 0.25) is 0 Å². The normalized spacial score (nSPS) is 22.9. The highest BCUT2D eigenvalue weighted by molar-refractivity contribution is 9.09. The summed E-state index contributed by atoms with van der Waals surface area (Å²) in [7, 11) is 1.79. The van der Waals surface area contributed by atoms with Crippen LogP contribution in [-0.2, 0) is 4.74 Å². The number of halogens is 1. The van der Waals surface area contributed by atoms with Gasteiger partial charge in [0.05, 0.1) is 6.10 Å². The Labute approximate surface area is 83.3 Å². The Balaban J connectivity index is 2.45. The number of allylic oxidation sites excluding steroid dienone is 2. The van der Waals surface area contributed by atoms with Gasteiger partial charge in [0.25, 0.3) is 0 Å². The molecule has 0 saturated heterocycles. The zero-order valence-corrected chi connectivity index (χ0v) is 9.43. The first-order chi connectivity index (χ1) is 5.72.